The summed E-state index contributed by atoms with van der Waals surface area (Å²) in [5.41, 5.74) is 3.21. The van der Waals surface area contributed by atoms with Crippen LogP contribution < -0.4 is 15.4 Å². The number of hydrogen-bond acceptors (Lipinski definition) is 5. The average molecular weight is 453 g/mol. The number of nitrogens with one attached hydrogen (secondary N) is 2. The van der Waals surface area contributed by atoms with E-state index in [0.717, 1.165) is 23.2 Å². The maximum Gasteiger partial charge on any atom is 0.243 e. The topological polar surface area (TPSA) is 84.5 Å². The number of benzene rings is 3. The smallest absolute Gasteiger partial charge is 0.243 e. The van der Waals surface area contributed by atoms with Crippen molar-refractivity contribution in [3.63, 3.8) is 0 Å². The maximum absolute atomic E-state index is 13.2. The molecule has 3 aromatic rings. The van der Waals surface area contributed by atoms with Gasteiger partial charge in [0.1, 0.15) is 5.75 Å². The molecule has 32 heavy (non-hydrogen) atoms. The zero-order chi connectivity index (χ0) is 23.1. The number of amides is 1. The number of aryl methyl sites for hydroxylation is 2. The number of hydrogen-bond donors (Lipinski definition) is 2. The lowest BCUT2D eigenvalue weighted by Crippen LogP contribution is -2.23. The fraction of sp³-hybridized carbons (Fsp3) is 0.240. The molecule has 168 valence electrons. The van der Waals surface area contributed by atoms with E-state index >= 15 is 0 Å². The van der Waals surface area contributed by atoms with Gasteiger partial charge in [-0.1, -0.05) is 37.3 Å². The molecule has 0 aliphatic rings. The fourth-order valence-corrected chi connectivity index (χ4v) is 4.85. The average Bonchev–Trinajstić information content (AvgIpc) is 2.80. The Morgan fingerprint density at radius 2 is 1.66 bits per heavy atom. The van der Waals surface area contributed by atoms with Crippen LogP contribution in [0, 0.1) is 6.92 Å². The highest BCUT2D eigenvalue weighted by Gasteiger charge is 2.21. The third-order valence-corrected chi connectivity index (χ3v) is 6.89. The van der Waals surface area contributed by atoms with Crippen LogP contribution in [0.3, 0.4) is 0 Å². The van der Waals surface area contributed by atoms with E-state index < -0.39 is 9.84 Å². The first-order valence-corrected chi connectivity index (χ1v) is 12.0. The van der Waals surface area contributed by atoms with Crippen molar-refractivity contribution in [3.05, 3.63) is 77.9 Å². The Bertz CT molecular complexity index is 1190. The third kappa shape index (κ3) is 5.29. The van der Waals surface area contributed by atoms with Crippen molar-refractivity contribution < 1.29 is 17.9 Å². The van der Waals surface area contributed by atoms with E-state index in [1.807, 2.05) is 39.0 Å². The van der Waals surface area contributed by atoms with Crippen LogP contribution in [0.1, 0.15) is 25.0 Å². The molecular weight excluding hydrogens is 424 g/mol. The predicted octanol–water partition coefficient (Wildman–Crippen LogP) is 4.84. The largest absolute Gasteiger partial charge is 0.494 e. The second-order valence-electron chi connectivity index (χ2n) is 7.27. The van der Waals surface area contributed by atoms with Gasteiger partial charge in [-0.25, -0.2) is 8.42 Å². The Hall–Kier alpha value is -3.32. The molecule has 0 aromatic heterocycles. The van der Waals surface area contributed by atoms with Gasteiger partial charge in [0.2, 0.25) is 15.7 Å². The molecule has 6 nitrogen and oxygen atoms in total. The van der Waals surface area contributed by atoms with Crippen LogP contribution in [0.15, 0.2) is 76.5 Å². The van der Waals surface area contributed by atoms with E-state index in [4.69, 9.17) is 4.74 Å². The lowest BCUT2D eigenvalue weighted by atomic mass is 10.1. The Morgan fingerprint density at radius 1 is 0.938 bits per heavy atom. The van der Waals surface area contributed by atoms with Crippen molar-refractivity contribution in [2.45, 2.75) is 37.0 Å². The zero-order valence-electron chi connectivity index (χ0n) is 18.5. The third-order valence-electron chi connectivity index (χ3n) is 5.07. The van der Waals surface area contributed by atoms with E-state index in [1.165, 1.54) is 18.2 Å². The van der Waals surface area contributed by atoms with Gasteiger partial charge in [0.25, 0.3) is 0 Å². The summed E-state index contributed by atoms with van der Waals surface area (Å²) in [4.78, 5) is 12.9. The Labute approximate surface area is 189 Å². The summed E-state index contributed by atoms with van der Waals surface area (Å²) in [6, 6.07) is 18.8. The Morgan fingerprint density at radius 3 is 2.34 bits per heavy atom. The summed E-state index contributed by atoms with van der Waals surface area (Å²) in [7, 11) is -3.78. The molecule has 0 fully saturated rings. The molecule has 3 aromatic carbocycles. The summed E-state index contributed by atoms with van der Waals surface area (Å²) < 4.78 is 31.8. The maximum atomic E-state index is 13.2. The number of carbonyl (C=O) groups excluding carboxylic acids is 1. The molecule has 7 heteroatoms. The minimum Gasteiger partial charge on any atom is -0.494 e. The first kappa shape index (κ1) is 23.3. The first-order valence-electron chi connectivity index (χ1n) is 10.6. The van der Waals surface area contributed by atoms with E-state index in [0.29, 0.717) is 18.0 Å². The summed E-state index contributed by atoms with van der Waals surface area (Å²) in [6.07, 6.45) is 0.799. The van der Waals surface area contributed by atoms with Gasteiger partial charge in [-0.05, 0) is 67.8 Å². The van der Waals surface area contributed by atoms with Gasteiger partial charge in [0.15, 0.2) is 0 Å². The van der Waals surface area contributed by atoms with Crippen molar-refractivity contribution in [3.8, 4) is 5.75 Å². The number of rotatable bonds is 9. The monoisotopic (exact) mass is 452 g/mol. The Balaban J connectivity index is 1.78. The van der Waals surface area contributed by atoms with Crippen LogP contribution in [-0.2, 0) is 21.1 Å². The number of anilines is 2. The van der Waals surface area contributed by atoms with Gasteiger partial charge in [0.05, 0.1) is 28.6 Å². The van der Waals surface area contributed by atoms with Crippen LogP contribution in [-0.4, -0.2) is 27.5 Å². The van der Waals surface area contributed by atoms with Gasteiger partial charge in [-0.2, -0.15) is 0 Å². The summed E-state index contributed by atoms with van der Waals surface area (Å²) in [6.45, 7) is 6.28. The standard InChI is InChI=1S/C25H28N2O4S/c1-4-19-10-8-9-18(3)25(19)27-24(28)17-26-22-11-6-7-12-23(22)32(29,30)21-15-13-20(14-16-21)31-5-2/h6-16,26H,4-5,17H2,1-3H3,(H,27,28). The molecule has 0 unspecified atom stereocenters. The second kappa shape index (κ2) is 10.3. The van der Waals surface area contributed by atoms with Crippen LogP contribution in [0.4, 0.5) is 11.4 Å². The molecule has 0 saturated carbocycles. The molecule has 0 radical (unpaired) electrons. The molecular formula is C25H28N2O4S. The number of sulfone groups is 1. The molecule has 0 bridgehead atoms. The highest BCUT2D eigenvalue weighted by Crippen LogP contribution is 2.29. The van der Waals surface area contributed by atoms with Crippen LogP contribution in [0.5, 0.6) is 5.75 Å². The molecule has 3 rings (SSSR count). The van der Waals surface area contributed by atoms with Crippen molar-refractivity contribution >= 4 is 27.1 Å². The lowest BCUT2D eigenvalue weighted by Gasteiger charge is -2.15. The van der Waals surface area contributed by atoms with Gasteiger partial charge in [0, 0.05) is 5.69 Å². The van der Waals surface area contributed by atoms with Gasteiger partial charge in [-0.3, -0.25) is 4.79 Å². The van der Waals surface area contributed by atoms with E-state index in [1.54, 1.807) is 30.3 Å². The molecule has 0 spiro atoms. The molecule has 0 heterocycles. The SMILES string of the molecule is CCOc1ccc(S(=O)(=O)c2ccccc2NCC(=O)Nc2c(C)cccc2CC)cc1. The highest BCUT2D eigenvalue weighted by molar-refractivity contribution is 7.91. The minimum atomic E-state index is -3.78. The number of carbonyl (C=O) groups is 1. The minimum absolute atomic E-state index is 0.0622. The van der Waals surface area contributed by atoms with Crippen molar-refractivity contribution in [2.75, 3.05) is 23.8 Å². The summed E-state index contributed by atoms with van der Waals surface area (Å²) >= 11 is 0. The molecule has 0 atom stereocenters. The molecule has 0 aliphatic carbocycles. The fourth-order valence-electron chi connectivity index (χ4n) is 3.42. The van der Waals surface area contributed by atoms with Crippen LogP contribution in [0.2, 0.25) is 0 Å². The highest BCUT2D eigenvalue weighted by atomic mass is 32.2. The lowest BCUT2D eigenvalue weighted by molar-refractivity contribution is -0.114. The van der Waals surface area contributed by atoms with E-state index in [2.05, 4.69) is 10.6 Å². The van der Waals surface area contributed by atoms with Crippen LogP contribution >= 0.6 is 0 Å². The van der Waals surface area contributed by atoms with Gasteiger partial charge < -0.3 is 15.4 Å². The first-order chi connectivity index (χ1) is 15.4. The molecule has 0 saturated heterocycles. The normalized spacial score (nSPS) is 11.1. The van der Waals surface area contributed by atoms with Crippen molar-refractivity contribution in [2.24, 2.45) is 0 Å². The van der Waals surface area contributed by atoms with Crippen molar-refractivity contribution in [1.29, 1.82) is 0 Å². The quantitative estimate of drug-likeness (QED) is 0.485. The van der Waals surface area contributed by atoms with Gasteiger partial charge in [-0.15, -0.1) is 0 Å². The second-order valence-corrected chi connectivity index (χ2v) is 9.19. The van der Waals surface area contributed by atoms with Crippen LogP contribution in [0.25, 0.3) is 0 Å². The predicted molar refractivity (Wildman–Crippen MR) is 127 cm³/mol. The molecule has 2 N–H and O–H groups in total. The van der Waals surface area contributed by atoms with Crippen molar-refractivity contribution in [1.82, 2.24) is 0 Å². The zero-order valence-corrected chi connectivity index (χ0v) is 19.3. The Kier molecular flexibility index (Phi) is 7.53. The molecule has 0 aliphatic heterocycles. The van der Waals surface area contributed by atoms with Gasteiger partial charge >= 0.3 is 0 Å². The molecule has 1 amide bonds. The van der Waals surface area contributed by atoms with E-state index in [9.17, 15) is 13.2 Å². The number of para-hydroxylation sites is 2. The summed E-state index contributed by atoms with van der Waals surface area (Å²) in [5, 5.41) is 5.93. The number of ether oxygens (including phenoxy) is 1. The van der Waals surface area contributed by atoms with E-state index in [-0.39, 0.29) is 22.2 Å². The summed E-state index contributed by atoms with van der Waals surface area (Å²) in [5.74, 6) is 0.361.